The van der Waals surface area contributed by atoms with Gasteiger partial charge in [-0.25, -0.2) is 0 Å². The second kappa shape index (κ2) is 3.26. The molecule has 0 saturated heterocycles. The molecule has 1 heteroatoms. The smallest absolute Gasteiger partial charge is 0.134 e. The molecular weight excluding hydrogens is 136 g/mol. The van der Waals surface area contributed by atoms with E-state index in [2.05, 4.69) is 11.8 Å². The molecule has 0 radical (unpaired) electrons. The lowest BCUT2D eigenvalue weighted by Crippen LogP contribution is -2.22. The largest absolute Gasteiger partial charge is 0.300 e. The predicted octanol–water partition coefficient (Wildman–Crippen LogP) is 1.24. The Labute approximate surface area is 67.2 Å². The van der Waals surface area contributed by atoms with Crippen LogP contribution < -0.4 is 0 Å². The normalized spacial score (nSPS) is 30.5. The summed E-state index contributed by atoms with van der Waals surface area (Å²) in [7, 11) is 0. The molecule has 0 amide bonds. The molecule has 1 aliphatic rings. The minimum absolute atomic E-state index is 0.0127. The van der Waals surface area contributed by atoms with Gasteiger partial charge in [0.1, 0.15) is 5.78 Å². The molecule has 1 saturated carbocycles. The van der Waals surface area contributed by atoms with E-state index in [0.717, 1.165) is 6.42 Å². The summed E-state index contributed by atoms with van der Waals surface area (Å²) < 4.78 is 0. The monoisotopic (exact) mass is 146 g/mol. The Kier molecular flexibility index (Phi) is 2.34. The van der Waals surface area contributed by atoms with E-state index in [4.69, 9.17) is 12.8 Å². The molecule has 0 aromatic rings. The van der Waals surface area contributed by atoms with Gasteiger partial charge in [0, 0.05) is 24.7 Å². The molecule has 0 bridgehead atoms. The van der Waals surface area contributed by atoms with Crippen molar-refractivity contribution in [2.24, 2.45) is 11.8 Å². The van der Waals surface area contributed by atoms with Gasteiger partial charge in [-0.1, -0.05) is 0 Å². The first-order valence-corrected chi connectivity index (χ1v) is 3.72. The van der Waals surface area contributed by atoms with Gasteiger partial charge in [0.2, 0.25) is 0 Å². The van der Waals surface area contributed by atoms with Gasteiger partial charge < -0.3 is 0 Å². The van der Waals surface area contributed by atoms with Crippen molar-refractivity contribution in [2.75, 3.05) is 0 Å². The highest BCUT2D eigenvalue weighted by Crippen LogP contribution is 2.26. The highest BCUT2D eigenvalue weighted by atomic mass is 16.1. The van der Waals surface area contributed by atoms with Crippen LogP contribution in [0.15, 0.2) is 0 Å². The van der Waals surface area contributed by atoms with Gasteiger partial charge in [0.25, 0.3) is 0 Å². The Morgan fingerprint density at radius 2 is 1.91 bits per heavy atom. The van der Waals surface area contributed by atoms with Crippen molar-refractivity contribution in [3.8, 4) is 24.7 Å². The van der Waals surface area contributed by atoms with Gasteiger partial charge in [-0.15, -0.1) is 24.7 Å². The first-order chi connectivity index (χ1) is 5.27. The van der Waals surface area contributed by atoms with Crippen LogP contribution in [0.4, 0.5) is 0 Å². The number of carbonyl (C=O) groups excluding carboxylic acids is 1. The first-order valence-electron chi connectivity index (χ1n) is 3.72. The molecule has 0 aromatic carbocycles. The van der Waals surface area contributed by atoms with E-state index >= 15 is 0 Å². The zero-order valence-electron chi connectivity index (χ0n) is 6.34. The Bertz CT molecular complexity index is 239. The molecule has 0 aromatic heterocycles. The molecule has 1 fully saturated rings. The minimum Gasteiger partial charge on any atom is -0.300 e. The molecule has 0 heterocycles. The van der Waals surface area contributed by atoms with Crippen LogP contribution in [0.25, 0.3) is 0 Å². The molecule has 0 aliphatic heterocycles. The summed E-state index contributed by atoms with van der Waals surface area (Å²) in [6, 6.07) is 0. The Hall–Kier alpha value is -1.21. The van der Waals surface area contributed by atoms with E-state index in [0.29, 0.717) is 12.8 Å². The van der Waals surface area contributed by atoms with E-state index in [1.165, 1.54) is 0 Å². The lowest BCUT2D eigenvalue weighted by molar-refractivity contribution is -0.121. The van der Waals surface area contributed by atoms with Gasteiger partial charge in [0.15, 0.2) is 0 Å². The summed E-state index contributed by atoms with van der Waals surface area (Å²) >= 11 is 0. The number of Topliss-reactive ketones (excluding diaryl/α,β-unsaturated/α-hetero) is 1. The molecule has 0 spiro atoms. The zero-order chi connectivity index (χ0) is 8.27. The van der Waals surface area contributed by atoms with Crippen molar-refractivity contribution in [2.45, 2.75) is 19.3 Å². The van der Waals surface area contributed by atoms with Crippen LogP contribution >= 0.6 is 0 Å². The second-order valence-electron chi connectivity index (χ2n) is 2.83. The van der Waals surface area contributed by atoms with Crippen molar-refractivity contribution in [3.05, 3.63) is 0 Å². The molecule has 0 N–H and O–H groups in total. The summed E-state index contributed by atoms with van der Waals surface area (Å²) in [5, 5.41) is 0. The topological polar surface area (TPSA) is 17.1 Å². The van der Waals surface area contributed by atoms with E-state index in [1.54, 1.807) is 0 Å². The first kappa shape index (κ1) is 7.89. The molecule has 2 atom stereocenters. The number of hydrogen-bond acceptors (Lipinski definition) is 1. The Morgan fingerprint density at radius 3 is 2.45 bits per heavy atom. The molecule has 11 heavy (non-hydrogen) atoms. The van der Waals surface area contributed by atoms with E-state index in [-0.39, 0.29) is 17.6 Å². The lowest BCUT2D eigenvalue weighted by atomic mass is 9.80. The van der Waals surface area contributed by atoms with Crippen molar-refractivity contribution >= 4 is 5.78 Å². The fraction of sp³-hybridized carbons (Fsp3) is 0.500. The molecule has 1 aliphatic carbocycles. The maximum atomic E-state index is 10.9. The summed E-state index contributed by atoms with van der Waals surface area (Å²) in [6.07, 6.45) is 12.3. The Morgan fingerprint density at radius 1 is 1.27 bits per heavy atom. The summed E-state index contributed by atoms with van der Waals surface area (Å²) in [5.74, 6) is 5.56. The number of ketones is 1. The van der Waals surface area contributed by atoms with Crippen molar-refractivity contribution in [3.63, 3.8) is 0 Å². The van der Waals surface area contributed by atoms with E-state index in [1.807, 2.05) is 0 Å². The van der Waals surface area contributed by atoms with Crippen LogP contribution in [0.1, 0.15) is 19.3 Å². The van der Waals surface area contributed by atoms with Gasteiger partial charge in [-0.3, -0.25) is 4.79 Å². The van der Waals surface area contributed by atoms with Gasteiger partial charge in [0.05, 0.1) is 0 Å². The van der Waals surface area contributed by atoms with E-state index in [9.17, 15) is 4.79 Å². The van der Waals surface area contributed by atoms with Crippen LogP contribution in [0.3, 0.4) is 0 Å². The fourth-order valence-corrected chi connectivity index (χ4v) is 1.38. The summed E-state index contributed by atoms with van der Waals surface area (Å²) in [5.41, 5.74) is 0. The average molecular weight is 146 g/mol. The average Bonchev–Trinajstić information content (AvgIpc) is 2.04. The number of hydrogen-bond donors (Lipinski definition) is 0. The third kappa shape index (κ3) is 1.63. The Balaban J connectivity index is 2.66. The fourth-order valence-electron chi connectivity index (χ4n) is 1.38. The SMILES string of the molecule is C#CC1CCC(=O)CC1C#C. The second-order valence-corrected chi connectivity index (χ2v) is 2.83. The third-order valence-electron chi connectivity index (χ3n) is 2.10. The minimum atomic E-state index is -0.0127. The van der Waals surface area contributed by atoms with Gasteiger partial charge >= 0.3 is 0 Å². The molecule has 56 valence electrons. The van der Waals surface area contributed by atoms with Crippen molar-refractivity contribution < 1.29 is 4.79 Å². The van der Waals surface area contributed by atoms with Gasteiger partial charge in [-0.2, -0.15) is 0 Å². The van der Waals surface area contributed by atoms with Crippen LogP contribution in [-0.2, 0) is 4.79 Å². The van der Waals surface area contributed by atoms with Crippen LogP contribution in [0, 0.1) is 36.5 Å². The quantitative estimate of drug-likeness (QED) is 0.470. The summed E-state index contributed by atoms with van der Waals surface area (Å²) in [6.45, 7) is 0. The maximum absolute atomic E-state index is 10.9. The van der Waals surface area contributed by atoms with Crippen LogP contribution in [0.5, 0.6) is 0 Å². The van der Waals surface area contributed by atoms with Gasteiger partial charge in [-0.05, 0) is 6.42 Å². The molecule has 1 rings (SSSR count). The zero-order valence-corrected chi connectivity index (χ0v) is 6.34. The maximum Gasteiger partial charge on any atom is 0.134 e. The van der Waals surface area contributed by atoms with Crippen LogP contribution in [0.2, 0.25) is 0 Å². The van der Waals surface area contributed by atoms with Crippen molar-refractivity contribution in [1.29, 1.82) is 0 Å². The van der Waals surface area contributed by atoms with Crippen LogP contribution in [-0.4, -0.2) is 5.78 Å². The predicted molar refractivity (Wildman–Crippen MR) is 43.5 cm³/mol. The highest BCUT2D eigenvalue weighted by Gasteiger charge is 2.25. The molecule has 1 nitrogen and oxygen atoms in total. The third-order valence-corrected chi connectivity index (χ3v) is 2.10. The summed E-state index contributed by atoms with van der Waals surface area (Å²) in [4.78, 5) is 10.9. The number of terminal acetylenes is 2. The number of rotatable bonds is 0. The highest BCUT2D eigenvalue weighted by molar-refractivity contribution is 5.80. The standard InChI is InChI=1S/C10H10O/c1-3-8-5-6-10(11)7-9(8)4-2/h1-2,8-9H,5-7H2. The lowest BCUT2D eigenvalue weighted by Gasteiger charge is -2.22. The number of carbonyl (C=O) groups is 1. The van der Waals surface area contributed by atoms with Crippen molar-refractivity contribution in [1.82, 2.24) is 0 Å². The van der Waals surface area contributed by atoms with E-state index < -0.39 is 0 Å². The molecule has 2 unspecified atom stereocenters. The molecular formula is C10H10O.